The Morgan fingerprint density at radius 1 is 1.31 bits per heavy atom. The molecule has 1 aliphatic rings. The Kier molecular flexibility index (Phi) is 5.04. The molecule has 0 spiro atoms. The molecule has 4 atom stereocenters. The quantitative estimate of drug-likeness (QED) is 0.704. The summed E-state index contributed by atoms with van der Waals surface area (Å²) in [6.45, 7) is 0. The molecule has 0 aromatic rings. The van der Waals surface area contributed by atoms with Gasteiger partial charge in [-0.3, -0.25) is 10.6 Å². The van der Waals surface area contributed by atoms with E-state index in [4.69, 9.17) is 10.5 Å². The van der Waals surface area contributed by atoms with Crippen molar-refractivity contribution in [3.05, 3.63) is 0 Å². The summed E-state index contributed by atoms with van der Waals surface area (Å²) in [5, 5.41) is 9.48. The number of nitrogens with two attached hydrogens (primary N) is 1. The standard InChI is InChI=1S/C10H20F2N2O2/c1-14(2)10(13)16-8-4-6(9(11)12)3-7(15)5-8/h6-10,15H,3-5,13H2,1-2H3/t6?,7?,8-,10?/m0/s1. The van der Waals surface area contributed by atoms with Crippen LogP contribution in [0, 0.1) is 5.92 Å². The molecule has 0 bridgehead atoms. The molecule has 16 heavy (non-hydrogen) atoms. The lowest BCUT2D eigenvalue weighted by Crippen LogP contribution is -2.44. The third-order valence-electron chi connectivity index (χ3n) is 2.87. The molecule has 0 radical (unpaired) electrons. The van der Waals surface area contributed by atoms with Gasteiger partial charge in [0.05, 0.1) is 12.2 Å². The first-order chi connectivity index (χ1) is 7.40. The fourth-order valence-corrected chi connectivity index (χ4v) is 1.92. The zero-order chi connectivity index (χ0) is 12.3. The van der Waals surface area contributed by atoms with Crippen molar-refractivity contribution in [3.63, 3.8) is 0 Å². The third-order valence-corrected chi connectivity index (χ3v) is 2.87. The number of ether oxygens (including phenoxy) is 1. The van der Waals surface area contributed by atoms with E-state index in [0.717, 1.165) is 0 Å². The smallest absolute Gasteiger partial charge is 0.241 e. The first-order valence-electron chi connectivity index (χ1n) is 5.43. The first kappa shape index (κ1) is 13.8. The highest BCUT2D eigenvalue weighted by Gasteiger charge is 2.34. The van der Waals surface area contributed by atoms with E-state index < -0.39 is 24.8 Å². The van der Waals surface area contributed by atoms with E-state index in [1.54, 1.807) is 19.0 Å². The van der Waals surface area contributed by atoms with Gasteiger partial charge in [-0.2, -0.15) is 0 Å². The number of halogens is 2. The van der Waals surface area contributed by atoms with Crippen molar-refractivity contribution in [2.24, 2.45) is 11.7 Å². The highest BCUT2D eigenvalue weighted by atomic mass is 19.3. The fraction of sp³-hybridized carbons (Fsp3) is 1.00. The molecular formula is C10H20F2N2O2. The molecule has 1 aliphatic carbocycles. The molecule has 3 N–H and O–H groups in total. The van der Waals surface area contributed by atoms with Crippen LogP contribution in [0.25, 0.3) is 0 Å². The highest BCUT2D eigenvalue weighted by Crippen LogP contribution is 2.31. The average molecular weight is 238 g/mol. The van der Waals surface area contributed by atoms with Gasteiger partial charge in [0.25, 0.3) is 0 Å². The number of aliphatic hydroxyl groups is 1. The lowest BCUT2D eigenvalue weighted by molar-refractivity contribution is -0.126. The molecular weight excluding hydrogens is 218 g/mol. The van der Waals surface area contributed by atoms with E-state index in [0.29, 0.717) is 6.42 Å². The van der Waals surface area contributed by atoms with Crippen molar-refractivity contribution in [3.8, 4) is 0 Å². The zero-order valence-electron chi connectivity index (χ0n) is 9.64. The van der Waals surface area contributed by atoms with Crippen molar-refractivity contribution in [1.82, 2.24) is 4.90 Å². The summed E-state index contributed by atoms with van der Waals surface area (Å²) >= 11 is 0. The van der Waals surface area contributed by atoms with Crippen LogP contribution < -0.4 is 5.73 Å². The molecule has 0 amide bonds. The largest absolute Gasteiger partial charge is 0.393 e. The van der Waals surface area contributed by atoms with E-state index in [1.807, 2.05) is 0 Å². The van der Waals surface area contributed by atoms with Gasteiger partial charge >= 0.3 is 0 Å². The topological polar surface area (TPSA) is 58.7 Å². The molecule has 96 valence electrons. The van der Waals surface area contributed by atoms with Gasteiger partial charge in [-0.05, 0) is 33.4 Å². The summed E-state index contributed by atoms with van der Waals surface area (Å²) in [6.07, 6.45) is -3.34. The maximum Gasteiger partial charge on any atom is 0.241 e. The second-order valence-corrected chi connectivity index (χ2v) is 4.57. The van der Waals surface area contributed by atoms with Crippen LogP contribution in [-0.2, 0) is 4.74 Å². The number of nitrogens with zero attached hydrogens (tertiary/aromatic N) is 1. The highest BCUT2D eigenvalue weighted by molar-refractivity contribution is 4.80. The molecule has 0 aromatic carbocycles. The minimum atomic E-state index is -2.41. The van der Waals surface area contributed by atoms with Crippen LogP contribution in [0.5, 0.6) is 0 Å². The predicted molar refractivity (Wildman–Crippen MR) is 55.9 cm³/mol. The minimum absolute atomic E-state index is 0.148. The number of rotatable bonds is 4. The zero-order valence-corrected chi connectivity index (χ0v) is 9.64. The van der Waals surface area contributed by atoms with Crippen LogP contribution in [0.3, 0.4) is 0 Å². The fourth-order valence-electron chi connectivity index (χ4n) is 1.92. The number of hydrogen-bond acceptors (Lipinski definition) is 4. The molecule has 1 fully saturated rings. The molecule has 6 heteroatoms. The minimum Gasteiger partial charge on any atom is -0.393 e. The molecule has 0 saturated heterocycles. The van der Waals surface area contributed by atoms with Gasteiger partial charge in [0.2, 0.25) is 6.43 Å². The molecule has 0 aliphatic heterocycles. The van der Waals surface area contributed by atoms with E-state index in [1.165, 1.54) is 0 Å². The lowest BCUT2D eigenvalue weighted by atomic mass is 9.85. The molecule has 4 nitrogen and oxygen atoms in total. The Morgan fingerprint density at radius 3 is 2.44 bits per heavy atom. The lowest BCUT2D eigenvalue weighted by Gasteiger charge is -2.34. The van der Waals surface area contributed by atoms with Crippen molar-refractivity contribution in [2.75, 3.05) is 14.1 Å². The summed E-state index contributed by atoms with van der Waals surface area (Å²) < 4.78 is 30.5. The van der Waals surface area contributed by atoms with Gasteiger partial charge in [0.15, 0.2) is 6.35 Å². The van der Waals surface area contributed by atoms with Gasteiger partial charge in [-0.1, -0.05) is 0 Å². The summed E-state index contributed by atoms with van der Waals surface area (Å²) in [5.41, 5.74) is 5.65. The molecule has 1 saturated carbocycles. The third kappa shape index (κ3) is 3.93. The first-order valence-corrected chi connectivity index (χ1v) is 5.43. The summed E-state index contributed by atoms with van der Waals surface area (Å²) in [5.74, 6) is -0.789. The van der Waals surface area contributed by atoms with Crippen LogP contribution in [0.4, 0.5) is 8.78 Å². The second kappa shape index (κ2) is 5.86. The maximum absolute atomic E-state index is 12.6. The summed E-state index contributed by atoms with van der Waals surface area (Å²) in [4.78, 5) is 1.65. The number of hydrogen-bond donors (Lipinski definition) is 2. The van der Waals surface area contributed by atoms with Gasteiger partial charge in [-0.25, -0.2) is 8.78 Å². The summed E-state index contributed by atoms with van der Waals surface area (Å²) in [6, 6.07) is 0. The second-order valence-electron chi connectivity index (χ2n) is 4.57. The Morgan fingerprint density at radius 2 is 1.94 bits per heavy atom. The average Bonchev–Trinajstić information content (AvgIpc) is 2.16. The van der Waals surface area contributed by atoms with Crippen molar-refractivity contribution < 1.29 is 18.6 Å². The van der Waals surface area contributed by atoms with Gasteiger partial charge < -0.3 is 9.84 Å². The predicted octanol–water partition coefficient (Wildman–Crippen LogP) is 0.602. The number of alkyl halides is 2. The molecule has 0 heterocycles. The molecule has 3 unspecified atom stereocenters. The van der Waals surface area contributed by atoms with Crippen LogP contribution in [0.1, 0.15) is 19.3 Å². The van der Waals surface area contributed by atoms with Crippen LogP contribution in [0.15, 0.2) is 0 Å². The Labute approximate surface area is 94.4 Å². The SMILES string of the molecule is CN(C)C(N)O[C@@H]1CC(O)CC(C(F)F)C1. The van der Waals surface area contributed by atoms with Gasteiger partial charge in [0.1, 0.15) is 0 Å². The van der Waals surface area contributed by atoms with E-state index >= 15 is 0 Å². The normalized spacial score (nSPS) is 33.4. The molecule has 1 rings (SSSR count). The monoisotopic (exact) mass is 238 g/mol. The van der Waals surface area contributed by atoms with Crippen molar-refractivity contribution >= 4 is 0 Å². The van der Waals surface area contributed by atoms with Crippen molar-refractivity contribution in [2.45, 2.75) is 44.2 Å². The van der Waals surface area contributed by atoms with Crippen LogP contribution >= 0.6 is 0 Å². The maximum atomic E-state index is 12.6. The van der Waals surface area contributed by atoms with Crippen LogP contribution in [0.2, 0.25) is 0 Å². The Bertz CT molecular complexity index is 215. The van der Waals surface area contributed by atoms with E-state index in [-0.39, 0.29) is 18.9 Å². The van der Waals surface area contributed by atoms with Crippen molar-refractivity contribution in [1.29, 1.82) is 0 Å². The number of aliphatic hydroxyl groups excluding tert-OH is 1. The van der Waals surface area contributed by atoms with Crippen LogP contribution in [-0.4, -0.2) is 49.1 Å². The molecule has 0 aromatic heterocycles. The summed E-state index contributed by atoms with van der Waals surface area (Å²) in [7, 11) is 3.49. The van der Waals surface area contributed by atoms with Gasteiger partial charge in [-0.15, -0.1) is 0 Å². The Hall–Kier alpha value is -0.300. The van der Waals surface area contributed by atoms with E-state index in [9.17, 15) is 13.9 Å². The Balaban J connectivity index is 2.47. The van der Waals surface area contributed by atoms with E-state index in [2.05, 4.69) is 0 Å². The van der Waals surface area contributed by atoms with Gasteiger partial charge in [0, 0.05) is 5.92 Å².